The third-order valence-corrected chi connectivity index (χ3v) is 5.78. The highest BCUT2D eigenvalue weighted by molar-refractivity contribution is 6.20. The maximum atomic E-state index is 12.8. The summed E-state index contributed by atoms with van der Waals surface area (Å²) in [7, 11) is 3.19. The lowest BCUT2D eigenvalue weighted by Crippen LogP contribution is -2.56. The monoisotopic (exact) mass is 366 g/mol. The molecular formula is C20H24N5O2+. The second-order valence-electron chi connectivity index (χ2n) is 7.47. The number of benzene rings is 1. The van der Waals surface area contributed by atoms with Crippen LogP contribution in [0.3, 0.4) is 0 Å². The first-order valence-corrected chi connectivity index (χ1v) is 9.03. The Morgan fingerprint density at radius 3 is 2.48 bits per heavy atom. The van der Waals surface area contributed by atoms with Crippen molar-refractivity contribution in [1.82, 2.24) is 14.4 Å². The van der Waals surface area contributed by atoms with Crippen LogP contribution in [0.15, 0.2) is 23.2 Å². The van der Waals surface area contributed by atoms with Gasteiger partial charge in [-0.1, -0.05) is 28.8 Å². The molecule has 1 saturated heterocycles. The van der Waals surface area contributed by atoms with Gasteiger partial charge in [0.25, 0.3) is 5.91 Å². The standard InChI is InChI=1S/C20H24N5O2/c1-11-7-8-12(2)15(9-11)10-24-13(3)14(4)25-16-17(21-19(24)25)22(5)20(27)23(6)18(16)26/h7-9,16H,10H2,1-6H3/q+1. The molecule has 2 aliphatic heterocycles. The third kappa shape index (κ3) is 2.34. The Morgan fingerprint density at radius 2 is 1.78 bits per heavy atom. The molecule has 0 spiro atoms. The first kappa shape index (κ1) is 17.5. The maximum Gasteiger partial charge on any atom is 0.402 e. The molecule has 4 rings (SSSR count). The Balaban J connectivity index is 1.86. The Hall–Kier alpha value is -2.96. The second-order valence-corrected chi connectivity index (χ2v) is 7.47. The number of fused-ring (bicyclic) bond motifs is 3. The number of likely N-dealkylation sites (N-methyl/N-ethyl adjacent to an activating group) is 2. The van der Waals surface area contributed by atoms with Gasteiger partial charge in [-0.05, 0) is 38.8 Å². The maximum absolute atomic E-state index is 12.8. The quantitative estimate of drug-likeness (QED) is 0.765. The minimum absolute atomic E-state index is 0.243. The predicted octanol–water partition coefficient (Wildman–Crippen LogP) is 2.17. The van der Waals surface area contributed by atoms with Crippen LogP contribution in [0.25, 0.3) is 0 Å². The van der Waals surface area contributed by atoms with Gasteiger partial charge in [0.1, 0.15) is 11.4 Å². The van der Waals surface area contributed by atoms with E-state index >= 15 is 0 Å². The largest absolute Gasteiger partial charge is 0.402 e. The van der Waals surface area contributed by atoms with Crippen molar-refractivity contribution in [2.24, 2.45) is 4.99 Å². The first-order chi connectivity index (χ1) is 12.7. The van der Waals surface area contributed by atoms with Crippen LogP contribution < -0.4 is 4.57 Å². The van der Waals surface area contributed by atoms with Crippen LogP contribution in [0.2, 0.25) is 0 Å². The summed E-state index contributed by atoms with van der Waals surface area (Å²) in [6.45, 7) is 8.91. The Kier molecular flexibility index (Phi) is 3.73. The molecule has 140 valence electrons. The lowest BCUT2D eigenvalue weighted by atomic mass is 10.1. The molecule has 0 N–H and O–H groups in total. The zero-order valence-electron chi connectivity index (χ0n) is 16.6. The van der Waals surface area contributed by atoms with Crippen LogP contribution in [-0.2, 0) is 11.3 Å². The molecule has 1 atom stereocenters. The lowest BCUT2D eigenvalue weighted by Gasteiger charge is -2.30. The van der Waals surface area contributed by atoms with Gasteiger partial charge in [0.15, 0.2) is 0 Å². The van der Waals surface area contributed by atoms with E-state index in [9.17, 15) is 9.59 Å². The summed E-state index contributed by atoms with van der Waals surface area (Å²) in [5.74, 6) is 0.970. The number of rotatable bonds is 2. The highest BCUT2D eigenvalue weighted by Crippen LogP contribution is 2.34. The van der Waals surface area contributed by atoms with Crippen molar-refractivity contribution in [3.63, 3.8) is 0 Å². The van der Waals surface area contributed by atoms with Gasteiger partial charge in [-0.25, -0.2) is 13.9 Å². The summed E-state index contributed by atoms with van der Waals surface area (Å²) in [6, 6.07) is 5.49. The van der Waals surface area contributed by atoms with Crippen LogP contribution in [0.5, 0.6) is 0 Å². The molecule has 3 heterocycles. The third-order valence-electron chi connectivity index (χ3n) is 5.78. The fourth-order valence-corrected chi connectivity index (χ4v) is 3.91. The molecule has 7 nitrogen and oxygen atoms in total. The molecule has 0 aliphatic carbocycles. The minimum Gasteiger partial charge on any atom is -0.270 e. The lowest BCUT2D eigenvalue weighted by molar-refractivity contribution is -0.680. The van der Waals surface area contributed by atoms with Gasteiger partial charge in [-0.2, -0.15) is 0 Å². The van der Waals surface area contributed by atoms with E-state index in [1.165, 1.54) is 33.5 Å². The SMILES string of the molecule is Cc1ccc(C)c(C[n+]2c(C)c(C)n3c2N=C2C3C(=O)N(C)C(=O)N2C)c1. The van der Waals surface area contributed by atoms with Gasteiger partial charge < -0.3 is 0 Å². The molecular weight excluding hydrogens is 342 g/mol. The van der Waals surface area contributed by atoms with E-state index in [2.05, 4.69) is 36.6 Å². The van der Waals surface area contributed by atoms with Crippen LogP contribution in [0.1, 0.15) is 34.1 Å². The molecule has 7 heteroatoms. The van der Waals surface area contributed by atoms with Crippen molar-refractivity contribution in [3.05, 3.63) is 46.3 Å². The number of carbonyl (C=O) groups excluding carboxylic acids is 2. The van der Waals surface area contributed by atoms with Gasteiger partial charge in [0, 0.05) is 14.1 Å². The van der Waals surface area contributed by atoms with Crippen LogP contribution >= 0.6 is 0 Å². The molecule has 3 amide bonds. The van der Waals surface area contributed by atoms with Gasteiger partial charge >= 0.3 is 12.0 Å². The van der Waals surface area contributed by atoms with Crippen LogP contribution in [0.4, 0.5) is 10.7 Å². The molecule has 2 aliphatic rings. The normalized spacial score (nSPS) is 18.7. The van der Waals surface area contributed by atoms with Gasteiger partial charge in [-0.3, -0.25) is 14.6 Å². The molecule has 1 aromatic carbocycles. The Labute approximate surface area is 158 Å². The number of aromatic nitrogens is 2. The molecule has 1 fully saturated rings. The molecule has 2 aromatic rings. The number of aliphatic imine (C=N–C) groups is 1. The summed E-state index contributed by atoms with van der Waals surface area (Å²) in [5, 5.41) is 0. The fourth-order valence-electron chi connectivity index (χ4n) is 3.91. The summed E-state index contributed by atoms with van der Waals surface area (Å²) >= 11 is 0. The van der Waals surface area contributed by atoms with Crippen molar-refractivity contribution >= 4 is 23.7 Å². The molecule has 27 heavy (non-hydrogen) atoms. The van der Waals surface area contributed by atoms with E-state index in [1.807, 2.05) is 18.4 Å². The van der Waals surface area contributed by atoms with Gasteiger partial charge in [-0.15, -0.1) is 0 Å². The molecule has 0 radical (unpaired) electrons. The van der Waals surface area contributed by atoms with E-state index in [1.54, 1.807) is 7.05 Å². The number of urea groups is 1. The average Bonchev–Trinajstić information content (AvgIpc) is 3.13. The number of amides is 3. The van der Waals surface area contributed by atoms with Gasteiger partial charge in [0.05, 0.1) is 6.54 Å². The van der Waals surface area contributed by atoms with Crippen molar-refractivity contribution < 1.29 is 14.2 Å². The van der Waals surface area contributed by atoms with E-state index in [4.69, 9.17) is 4.99 Å². The number of aryl methyl sites for hydroxylation is 2. The number of imide groups is 1. The van der Waals surface area contributed by atoms with Crippen molar-refractivity contribution in [2.75, 3.05) is 14.1 Å². The highest BCUT2D eigenvalue weighted by atomic mass is 16.2. The summed E-state index contributed by atoms with van der Waals surface area (Å²) in [6.07, 6.45) is 0. The van der Waals surface area contributed by atoms with Crippen LogP contribution in [-0.4, -0.2) is 46.2 Å². The number of nitrogens with zero attached hydrogens (tertiary/aromatic N) is 5. The molecule has 0 bridgehead atoms. The zero-order chi connectivity index (χ0) is 19.6. The Bertz CT molecular complexity index is 1030. The number of amidine groups is 1. The topological polar surface area (TPSA) is 61.8 Å². The second kappa shape index (κ2) is 5.77. The highest BCUT2D eigenvalue weighted by Gasteiger charge is 2.53. The van der Waals surface area contributed by atoms with E-state index < -0.39 is 6.04 Å². The first-order valence-electron chi connectivity index (χ1n) is 9.03. The minimum atomic E-state index is -0.578. The van der Waals surface area contributed by atoms with E-state index in [0.29, 0.717) is 18.3 Å². The number of hydrogen-bond acceptors (Lipinski definition) is 3. The van der Waals surface area contributed by atoms with E-state index in [-0.39, 0.29) is 11.9 Å². The van der Waals surface area contributed by atoms with Crippen molar-refractivity contribution in [2.45, 2.75) is 40.3 Å². The number of imidazole rings is 1. The molecule has 1 unspecified atom stereocenters. The average molecular weight is 366 g/mol. The number of hydrogen-bond donors (Lipinski definition) is 0. The zero-order valence-corrected chi connectivity index (χ0v) is 16.6. The fraction of sp³-hybridized carbons (Fsp3) is 0.400. The van der Waals surface area contributed by atoms with E-state index in [0.717, 1.165) is 11.4 Å². The summed E-state index contributed by atoms with van der Waals surface area (Å²) < 4.78 is 4.09. The molecule has 1 aromatic heterocycles. The predicted molar refractivity (Wildman–Crippen MR) is 101 cm³/mol. The summed E-state index contributed by atoms with van der Waals surface area (Å²) in [5.41, 5.74) is 5.71. The molecule has 0 saturated carbocycles. The van der Waals surface area contributed by atoms with Crippen LogP contribution in [0, 0.1) is 27.7 Å². The smallest absolute Gasteiger partial charge is 0.270 e. The van der Waals surface area contributed by atoms with Gasteiger partial charge in [0.2, 0.25) is 11.9 Å². The summed E-state index contributed by atoms with van der Waals surface area (Å²) in [4.78, 5) is 32.5. The number of carbonyl (C=O) groups is 2. The Morgan fingerprint density at radius 1 is 1.07 bits per heavy atom. The van der Waals surface area contributed by atoms with Crippen molar-refractivity contribution in [1.29, 1.82) is 0 Å². The van der Waals surface area contributed by atoms with Crippen molar-refractivity contribution in [3.8, 4) is 0 Å².